The van der Waals surface area contributed by atoms with Crippen molar-refractivity contribution in [3.05, 3.63) is 0 Å². The van der Waals surface area contributed by atoms with Crippen molar-refractivity contribution < 1.29 is 9.90 Å². The van der Waals surface area contributed by atoms with Crippen LogP contribution in [0.2, 0.25) is 0 Å². The summed E-state index contributed by atoms with van der Waals surface area (Å²) in [6.07, 6.45) is -0.905. The van der Waals surface area contributed by atoms with Gasteiger partial charge in [0, 0.05) is 32.3 Å². The van der Waals surface area contributed by atoms with Gasteiger partial charge in [0.05, 0.1) is 0 Å². The number of hydrogen-bond acceptors (Lipinski definition) is 3. The number of nitrogens with zero attached hydrogens (tertiary/aromatic N) is 2. The van der Waals surface area contributed by atoms with E-state index in [1.165, 1.54) is 16.4 Å². The molecule has 0 radical (unpaired) electrons. The molecule has 0 fully saturated rings. The van der Waals surface area contributed by atoms with Gasteiger partial charge in [-0.25, -0.2) is 13.4 Å². The smallest absolute Gasteiger partial charge is 0.418 e. The molecule has 0 rings (SSSR count). The van der Waals surface area contributed by atoms with Crippen molar-refractivity contribution in [2.45, 2.75) is 27.7 Å². The van der Waals surface area contributed by atoms with Crippen LogP contribution in [0.4, 0.5) is 4.79 Å². The number of hydrogen-bond donors (Lipinski definition) is 1. The molecular formula is C10H22N2O2S. The van der Waals surface area contributed by atoms with E-state index in [0.717, 1.165) is 13.1 Å². The van der Waals surface area contributed by atoms with Gasteiger partial charge in [-0.2, -0.15) is 0 Å². The monoisotopic (exact) mass is 234 g/mol. The van der Waals surface area contributed by atoms with Crippen molar-refractivity contribution in [3.8, 4) is 0 Å². The van der Waals surface area contributed by atoms with Gasteiger partial charge in [0.25, 0.3) is 0 Å². The van der Waals surface area contributed by atoms with Gasteiger partial charge in [-0.15, -0.1) is 0 Å². The van der Waals surface area contributed by atoms with Crippen molar-refractivity contribution in [3.63, 3.8) is 0 Å². The van der Waals surface area contributed by atoms with E-state index in [2.05, 4.69) is 32.0 Å². The van der Waals surface area contributed by atoms with Crippen molar-refractivity contribution in [2.24, 2.45) is 11.8 Å². The standard InChI is InChI=1S/C10H22N2O2S/c1-8(2)6-12(7-9(3)4)15-11(5)10(13)14/h8-9H,6-7H2,1-5H3,(H,13,14). The zero-order valence-corrected chi connectivity index (χ0v) is 11.0. The predicted octanol–water partition coefficient (Wildman–Crippen LogP) is 2.77. The summed E-state index contributed by atoms with van der Waals surface area (Å²) in [4.78, 5) is 10.7. The van der Waals surface area contributed by atoms with Crippen LogP contribution in [0.3, 0.4) is 0 Å². The van der Waals surface area contributed by atoms with Gasteiger partial charge in [0.15, 0.2) is 0 Å². The first kappa shape index (κ1) is 14.6. The quantitative estimate of drug-likeness (QED) is 0.718. The maximum atomic E-state index is 10.7. The van der Waals surface area contributed by atoms with Crippen LogP contribution >= 0.6 is 12.1 Å². The minimum atomic E-state index is -0.905. The highest BCUT2D eigenvalue weighted by molar-refractivity contribution is 7.95. The van der Waals surface area contributed by atoms with Crippen LogP contribution in [-0.2, 0) is 0 Å². The minimum Gasteiger partial charge on any atom is -0.464 e. The van der Waals surface area contributed by atoms with Crippen LogP contribution in [0, 0.1) is 11.8 Å². The average Bonchev–Trinajstić information content (AvgIpc) is 2.00. The van der Waals surface area contributed by atoms with Gasteiger partial charge in [-0.3, -0.25) is 0 Å². The minimum absolute atomic E-state index is 0.540. The molecule has 0 aliphatic rings. The van der Waals surface area contributed by atoms with Crippen molar-refractivity contribution in [2.75, 3.05) is 20.1 Å². The molecule has 0 saturated heterocycles. The number of carboxylic acid groups (broad SMARTS) is 1. The lowest BCUT2D eigenvalue weighted by atomic mass is 10.2. The third-order valence-electron chi connectivity index (χ3n) is 1.64. The molecule has 15 heavy (non-hydrogen) atoms. The summed E-state index contributed by atoms with van der Waals surface area (Å²) < 4.78 is 3.34. The lowest BCUT2D eigenvalue weighted by Crippen LogP contribution is -2.31. The molecule has 0 spiro atoms. The molecule has 0 saturated carbocycles. The highest BCUT2D eigenvalue weighted by Crippen LogP contribution is 2.18. The fraction of sp³-hybridized carbons (Fsp3) is 0.900. The highest BCUT2D eigenvalue weighted by atomic mass is 32.2. The van der Waals surface area contributed by atoms with Gasteiger partial charge in [0.2, 0.25) is 0 Å². The molecule has 1 N–H and O–H groups in total. The topological polar surface area (TPSA) is 43.8 Å². The van der Waals surface area contributed by atoms with Gasteiger partial charge >= 0.3 is 6.09 Å². The number of rotatable bonds is 6. The fourth-order valence-corrected chi connectivity index (χ4v) is 2.31. The first-order valence-corrected chi connectivity index (χ1v) is 5.95. The third-order valence-corrected chi connectivity index (χ3v) is 2.58. The van der Waals surface area contributed by atoms with E-state index in [1.807, 2.05) is 0 Å². The molecule has 0 bridgehead atoms. The summed E-state index contributed by atoms with van der Waals surface area (Å²) in [5.74, 6) is 1.08. The van der Waals surface area contributed by atoms with E-state index in [-0.39, 0.29) is 0 Å². The Morgan fingerprint density at radius 2 is 1.60 bits per heavy atom. The van der Waals surface area contributed by atoms with Crippen LogP contribution in [-0.4, -0.2) is 39.9 Å². The summed E-state index contributed by atoms with van der Waals surface area (Å²) in [6.45, 7) is 10.3. The van der Waals surface area contributed by atoms with Crippen molar-refractivity contribution >= 4 is 18.2 Å². The number of amides is 1. The fourth-order valence-electron chi connectivity index (χ4n) is 1.16. The zero-order chi connectivity index (χ0) is 12.0. The maximum Gasteiger partial charge on any atom is 0.418 e. The van der Waals surface area contributed by atoms with E-state index < -0.39 is 6.09 Å². The average molecular weight is 234 g/mol. The van der Waals surface area contributed by atoms with E-state index in [9.17, 15) is 4.79 Å². The molecule has 0 heterocycles. The van der Waals surface area contributed by atoms with Gasteiger partial charge in [-0.05, 0) is 11.8 Å². The molecule has 0 atom stereocenters. The molecule has 4 nitrogen and oxygen atoms in total. The molecule has 0 unspecified atom stereocenters. The van der Waals surface area contributed by atoms with Crippen molar-refractivity contribution in [1.29, 1.82) is 0 Å². The second kappa shape index (κ2) is 6.95. The Hall–Kier alpha value is -0.420. The van der Waals surface area contributed by atoms with Gasteiger partial charge in [0.1, 0.15) is 0 Å². The Kier molecular flexibility index (Phi) is 6.76. The van der Waals surface area contributed by atoms with Crippen LogP contribution in [0.25, 0.3) is 0 Å². The SMILES string of the molecule is CC(C)CN(CC(C)C)SN(C)C(=O)O. The first-order valence-electron chi connectivity index (χ1n) is 5.22. The van der Waals surface area contributed by atoms with E-state index in [0.29, 0.717) is 11.8 Å². The summed E-state index contributed by atoms with van der Waals surface area (Å²) in [7, 11) is 1.57. The lowest BCUT2D eigenvalue weighted by Gasteiger charge is -2.27. The summed E-state index contributed by atoms with van der Waals surface area (Å²) in [5, 5.41) is 8.78. The molecular weight excluding hydrogens is 212 g/mol. The van der Waals surface area contributed by atoms with Crippen LogP contribution in [0.5, 0.6) is 0 Å². The Bertz CT molecular complexity index is 188. The molecule has 1 amide bonds. The van der Waals surface area contributed by atoms with E-state index in [4.69, 9.17) is 5.11 Å². The van der Waals surface area contributed by atoms with E-state index >= 15 is 0 Å². The van der Waals surface area contributed by atoms with Crippen molar-refractivity contribution in [1.82, 2.24) is 8.61 Å². The second-order valence-corrected chi connectivity index (χ2v) is 5.72. The molecule has 5 heteroatoms. The molecule has 0 aliphatic heterocycles. The van der Waals surface area contributed by atoms with Gasteiger partial charge < -0.3 is 5.11 Å². The third kappa shape index (κ3) is 7.50. The normalized spacial score (nSPS) is 11.5. The van der Waals surface area contributed by atoms with Crippen LogP contribution in [0.1, 0.15) is 27.7 Å². The highest BCUT2D eigenvalue weighted by Gasteiger charge is 2.15. The molecule has 0 aliphatic carbocycles. The predicted molar refractivity (Wildman–Crippen MR) is 64.6 cm³/mol. The van der Waals surface area contributed by atoms with Gasteiger partial charge in [-0.1, -0.05) is 27.7 Å². The summed E-state index contributed by atoms with van der Waals surface area (Å²) >= 11 is 1.28. The summed E-state index contributed by atoms with van der Waals surface area (Å²) in [6, 6.07) is 0. The van der Waals surface area contributed by atoms with E-state index in [1.54, 1.807) is 7.05 Å². The Morgan fingerprint density at radius 1 is 1.20 bits per heavy atom. The zero-order valence-electron chi connectivity index (χ0n) is 10.2. The first-order chi connectivity index (χ1) is 6.82. The number of carbonyl (C=O) groups is 1. The second-order valence-electron chi connectivity index (χ2n) is 4.50. The maximum absolute atomic E-state index is 10.7. The summed E-state index contributed by atoms with van der Waals surface area (Å²) in [5.41, 5.74) is 0. The molecule has 0 aromatic rings. The molecule has 0 aromatic carbocycles. The Labute approximate surface area is 96.9 Å². The van der Waals surface area contributed by atoms with Crippen LogP contribution < -0.4 is 0 Å². The Balaban J connectivity index is 4.17. The molecule has 90 valence electrons. The largest absolute Gasteiger partial charge is 0.464 e. The lowest BCUT2D eigenvalue weighted by molar-refractivity contribution is 0.179. The molecule has 0 aromatic heterocycles. The van der Waals surface area contributed by atoms with Crippen LogP contribution in [0.15, 0.2) is 0 Å². The Morgan fingerprint density at radius 3 is 1.87 bits per heavy atom.